The van der Waals surface area contributed by atoms with E-state index in [0.29, 0.717) is 18.0 Å². The van der Waals surface area contributed by atoms with Gasteiger partial charge in [0.2, 0.25) is 0 Å². The maximum Gasteiger partial charge on any atom is 0.320 e. The van der Waals surface area contributed by atoms with Crippen molar-refractivity contribution in [1.29, 1.82) is 0 Å². The summed E-state index contributed by atoms with van der Waals surface area (Å²) >= 11 is 0. The van der Waals surface area contributed by atoms with E-state index in [1.54, 1.807) is 0 Å². The predicted octanol–water partition coefficient (Wildman–Crippen LogP) is 0.426. The molecule has 3 fully saturated rings. The van der Waals surface area contributed by atoms with Crippen LogP contribution in [0.15, 0.2) is 0 Å². The number of carbonyl (C=O) groups excluding carboxylic acids is 1. The molecule has 0 saturated carbocycles. The molecule has 0 aromatic carbocycles. The van der Waals surface area contributed by atoms with Crippen LogP contribution in [0.4, 0.5) is 4.79 Å². The van der Waals surface area contributed by atoms with Gasteiger partial charge in [-0.25, -0.2) is 4.79 Å². The highest BCUT2D eigenvalue weighted by Crippen LogP contribution is 2.29. The van der Waals surface area contributed by atoms with Gasteiger partial charge < -0.3 is 20.0 Å². The summed E-state index contributed by atoms with van der Waals surface area (Å²) in [6, 6.07) is 1.14. The molecule has 0 aromatic rings. The van der Waals surface area contributed by atoms with Crippen molar-refractivity contribution in [3.8, 4) is 0 Å². The zero-order chi connectivity index (χ0) is 13.4. The summed E-state index contributed by atoms with van der Waals surface area (Å²) < 4.78 is 0. The van der Waals surface area contributed by atoms with Gasteiger partial charge in [-0.05, 0) is 51.9 Å². The van der Waals surface area contributed by atoms with Crippen LogP contribution in [0.25, 0.3) is 0 Å². The first-order valence-corrected chi connectivity index (χ1v) is 7.59. The lowest BCUT2D eigenvalue weighted by atomic mass is 9.98. The van der Waals surface area contributed by atoms with Gasteiger partial charge >= 0.3 is 6.03 Å². The maximum absolute atomic E-state index is 12.5. The van der Waals surface area contributed by atoms with Crippen LogP contribution in [0.5, 0.6) is 0 Å². The Kier molecular flexibility index (Phi) is 3.67. The van der Waals surface area contributed by atoms with Crippen LogP contribution in [0.2, 0.25) is 0 Å². The van der Waals surface area contributed by atoms with Gasteiger partial charge in [0.05, 0.1) is 6.04 Å². The Labute approximate surface area is 115 Å². The molecule has 2 atom stereocenters. The Morgan fingerprint density at radius 2 is 1.84 bits per heavy atom. The molecule has 2 unspecified atom stereocenters. The topological polar surface area (TPSA) is 38.8 Å². The van der Waals surface area contributed by atoms with Gasteiger partial charge in [0.15, 0.2) is 0 Å². The van der Waals surface area contributed by atoms with Gasteiger partial charge in [-0.1, -0.05) is 0 Å². The lowest BCUT2D eigenvalue weighted by Crippen LogP contribution is -2.44. The van der Waals surface area contributed by atoms with Gasteiger partial charge in [-0.3, -0.25) is 0 Å². The van der Waals surface area contributed by atoms with Crippen LogP contribution in [0.1, 0.15) is 19.3 Å². The Balaban J connectivity index is 1.66. The van der Waals surface area contributed by atoms with Crippen LogP contribution in [-0.2, 0) is 0 Å². The number of urea groups is 1. The van der Waals surface area contributed by atoms with Gasteiger partial charge in [0.1, 0.15) is 0 Å². The van der Waals surface area contributed by atoms with E-state index in [2.05, 4.69) is 22.2 Å². The molecule has 3 saturated heterocycles. The smallest absolute Gasteiger partial charge is 0.320 e. The first-order chi connectivity index (χ1) is 9.16. The lowest BCUT2D eigenvalue weighted by Gasteiger charge is -2.31. The molecule has 1 N–H and O–H groups in total. The zero-order valence-electron chi connectivity index (χ0n) is 12.1. The second-order valence-corrected chi connectivity index (χ2v) is 6.41. The fourth-order valence-corrected chi connectivity index (χ4v) is 3.92. The maximum atomic E-state index is 12.5. The van der Waals surface area contributed by atoms with Crippen molar-refractivity contribution in [3.63, 3.8) is 0 Å². The number of likely N-dealkylation sites (tertiary alicyclic amines) is 1. The van der Waals surface area contributed by atoms with Crippen molar-refractivity contribution >= 4 is 6.03 Å². The number of rotatable bonds is 2. The van der Waals surface area contributed by atoms with Crippen molar-refractivity contribution < 1.29 is 4.79 Å². The minimum absolute atomic E-state index is 0.256. The van der Waals surface area contributed by atoms with E-state index in [9.17, 15) is 4.79 Å². The Morgan fingerprint density at radius 1 is 1.11 bits per heavy atom. The molecule has 3 rings (SSSR count). The van der Waals surface area contributed by atoms with Crippen LogP contribution < -0.4 is 5.32 Å². The van der Waals surface area contributed by atoms with Crippen molar-refractivity contribution in [3.05, 3.63) is 0 Å². The molecule has 108 valence electrons. The van der Waals surface area contributed by atoms with E-state index in [4.69, 9.17) is 0 Å². The van der Waals surface area contributed by atoms with Crippen molar-refractivity contribution in [2.45, 2.75) is 31.3 Å². The highest BCUT2D eigenvalue weighted by molar-refractivity contribution is 5.77. The Hall–Kier alpha value is -0.810. The van der Waals surface area contributed by atoms with E-state index >= 15 is 0 Å². The molecular weight excluding hydrogens is 240 g/mol. The second-order valence-electron chi connectivity index (χ2n) is 6.41. The van der Waals surface area contributed by atoms with Gasteiger partial charge in [0.25, 0.3) is 0 Å². The van der Waals surface area contributed by atoms with Crippen molar-refractivity contribution in [1.82, 2.24) is 20.0 Å². The molecule has 19 heavy (non-hydrogen) atoms. The number of nitrogens with zero attached hydrogens (tertiary/aromatic N) is 3. The molecule has 0 aliphatic carbocycles. The monoisotopic (exact) mass is 266 g/mol. The highest BCUT2D eigenvalue weighted by Gasteiger charge is 2.43. The summed E-state index contributed by atoms with van der Waals surface area (Å²) in [5.74, 6) is 0.658. The number of hydrogen-bond acceptors (Lipinski definition) is 3. The van der Waals surface area contributed by atoms with E-state index in [0.717, 1.165) is 39.0 Å². The van der Waals surface area contributed by atoms with Gasteiger partial charge in [-0.2, -0.15) is 0 Å². The summed E-state index contributed by atoms with van der Waals surface area (Å²) in [6.45, 7) is 5.36. The molecular formula is C14H26N4O. The quantitative estimate of drug-likeness (QED) is 0.787. The molecule has 0 spiro atoms. The summed E-state index contributed by atoms with van der Waals surface area (Å²) in [7, 11) is 4.17. The second kappa shape index (κ2) is 5.29. The fraction of sp³-hybridized carbons (Fsp3) is 0.929. The molecule has 0 aromatic heterocycles. The van der Waals surface area contributed by atoms with Gasteiger partial charge in [-0.15, -0.1) is 0 Å². The molecule has 5 nitrogen and oxygen atoms in total. The molecule has 3 aliphatic heterocycles. The largest absolute Gasteiger partial charge is 0.323 e. The van der Waals surface area contributed by atoms with E-state index in [1.807, 2.05) is 11.9 Å². The number of likely N-dealkylation sites (N-methyl/N-ethyl adjacent to an activating group) is 1. The number of nitrogens with one attached hydrogen (secondary N) is 1. The number of piperidine rings is 1. The minimum Gasteiger partial charge on any atom is -0.323 e. The molecule has 3 aliphatic rings. The third kappa shape index (κ3) is 2.46. The van der Waals surface area contributed by atoms with Crippen LogP contribution in [-0.4, -0.2) is 79.6 Å². The standard InChI is InChI=1S/C14H26N4O/c1-16-8-5-11(9-16)13-10-18(14(19)17(13)2)12-3-6-15-7-4-12/h11-13,15H,3-10H2,1-2H3. The molecule has 0 radical (unpaired) electrons. The van der Waals surface area contributed by atoms with Crippen LogP contribution in [0.3, 0.4) is 0 Å². The van der Waals surface area contributed by atoms with Crippen molar-refractivity contribution in [2.24, 2.45) is 5.92 Å². The third-order valence-electron chi connectivity index (χ3n) is 5.15. The summed E-state index contributed by atoms with van der Waals surface area (Å²) in [4.78, 5) is 19.0. The number of hydrogen-bond donors (Lipinski definition) is 1. The molecule has 2 amide bonds. The van der Waals surface area contributed by atoms with Crippen LogP contribution >= 0.6 is 0 Å². The zero-order valence-corrected chi connectivity index (χ0v) is 12.1. The molecule has 0 bridgehead atoms. The molecule has 5 heteroatoms. The number of carbonyl (C=O) groups is 1. The first-order valence-electron chi connectivity index (χ1n) is 7.59. The highest BCUT2D eigenvalue weighted by atomic mass is 16.2. The normalized spacial score (nSPS) is 34.5. The summed E-state index contributed by atoms with van der Waals surface area (Å²) in [5, 5.41) is 3.38. The van der Waals surface area contributed by atoms with Crippen molar-refractivity contribution in [2.75, 3.05) is 46.8 Å². The first kappa shape index (κ1) is 13.2. The average molecular weight is 266 g/mol. The average Bonchev–Trinajstić information content (AvgIpc) is 2.97. The SMILES string of the molecule is CN1CCC(C2CN(C3CCNCC3)C(=O)N2C)C1. The van der Waals surface area contributed by atoms with E-state index in [1.165, 1.54) is 13.0 Å². The minimum atomic E-state index is 0.256. The molecule has 3 heterocycles. The number of amides is 2. The van der Waals surface area contributed by atoms with E-state index < -0.39 is 0 Å². The van der Waals surface area contributed by atoms with Crippen LogP contribution in [0, 0.1) is 5.92 Å². The Bertz CT molecular complexity index is 342. The summed E-state index contributed by atoms with van der Waals surface area (Å²) in [6.07, 6.45) is 3.45. The Morgan fingerprint density at radius 3 is 2.47 bits per heavy atom. The summed E-state index contributed by atoms with van der Waals surface area (Å²) in [5.41, 5.74) is 0. The fourth-order valence-electron chi connectivity index (χ4n) is 3.92. The van der Waals surface area contributed by atoms with Gasteiger partial charge in [0, 0.05) is 26.2 Å². The van der Waals surface area contributed by atoms with E-state index in [-0.39, 0.29) is 6.03 Å². The third-order valence-corrected chi connectivity index (χ3v) is 5.15. The lowest BCUT2D eigenvalue weighted by molar-refractivity contribution is 0.169. The predicted molar refractivity (Wildman–Crippen MR) is 75.1 cm³/mol.